The van der Waals surface area contributed by atoms with Gasteiger partial charge in [-0.2, -0.15) is 0 Å². The van der Waals surface area contributed by atoms with E-state index in [1.165, 1.54) is 22.4 Å². The van der Waals surface area contributed by atoms with Gasteiger partial charge in [0.15, 0.2) is 5.01 Å². The summed E-state index contributed by atoms with van der Waals surface area (Å²) in [5.74, 6) is -3.50. The van der Waals surface area contributed by atoms with Crippen molar-refractivity contribution in [3.63, 3.8) is 0 Å². The fourth-order valence-corrected chi connectivity index (χ4v) is 6.55. The highest BCUT2D eigenvalue weighted by molar-refractivity contribution is 7.11. The van der Waals surface area contributed by atoms with Crippen LogP contribution < -0.4 is 21.7 Å². The molecule has 0 aromatic carbocycles. The number of carbonyl (C=O) groups is 6. The van der Waals surface area contributed by atoms with Crippen LogP contribution in [0, 0.1) is 28.6 Å². The lowest BCUT2D eigenvalue weighted by Crippen LogP contribution is -2.62. The first-order chi connectivity index (χ1) is 20.9. The number of nitrogens with zero attached hydrogens (tertiary/aromatic N) is 2. The van der Waals surface area contributed by atoms with Gasteiger partial charge in [-0.15, -0.1) is 11.3 Å². The number of urea groups is 1. The molecule has 12 nitrogen and oxygen atoms in total. The maximum Gasteiger partial charge on any atom is 0.316 e. The minimum atomic E-state index is -1.11. The molecular weight excluding hydrogens is 596 g/mol. The summed E-state index contributed by atoms with van der Waals surface area (Å²) in [4.78, 5) is 84.9. The Kier molecular flexibility index (Phi) is 11.5. The molecule has 13 heteroatoms. The van der Waals surface area contributed by atoms with Crippen LogP contribution >= 0.6 is 11.3 Å². The third-order valence-corrected chi connectivity index (χ3v) is 10.1. The average molecular weight is 647 g/mol. The Balaban J connectivity index is 1.88. The minimum absolute atomic E-state index is 0.230. The van der Waals surface area contributed by atoms with Crippen LogP contribution in [0.3, 0.4) is 0 Å². The normalized spacial score (nSPS) is 20.7. The largest absolute Gasteiger partial charge is 0.363 e. The molecule has 5 atom stereocenters. The van der Waals surface area contributed by atoms with Crippen molar-refractivity contribution < 1.29 is 28.8 Å². The number of thiazole rings is 1. The van der Waals surface area contributed by atoms with Crippen LogP contribution in [0.4, 0.5) is 4.79 Å². The molecule has 0 radical (unpaired) electrons. The van der Waals surface area contributed by atoms with E-state index in [4.69, 9.17) is 5.73 Å². The number of hydrogen-bond acceptors (Lipinski definition) is 8. The average Bonchev–Trinajstić information content (AvgIpc) is 3.41. The zero-order chi connectivity index (χ0) is 33.9. The van der Waals surface area contributed by atoms with Crippen molar-refractivity contribution >= 4 is 46.7 Å². The van der Waals surface area contributed by atoms with Gasteiger partial charge in [0.25, 0.3) is 5.91 Å². The Hall–Kier alpha value is -3.35. The van der Waals surface area contributed by atoms with E-state index in [-0.39, 0.29) is 40.5 Å². The first-order valence-corrected chi connectivity index (χ1v) is 16.7. The molecule has 250 valence electrons. The predicted octanol–water partition coefficient (Wildman–Crippen LogP) is 3.06. The lowest BCUT2D eigenvalue weighted by molar-refractivity contribution is -0.145. The lowest BCUT2D eigenvalue weighted by atomic mass is 9.72. The van der Waals surface area contributed by atoms with E-state index in [1.54, 1.807) is 5.38 Å². The monoisotopic (exact) mass is 646 g/mol. The van der Waals surface area contributed by atoms with Crippen molar-refractivity contribution in [1.82, 2.24) is 25.8 Å². The molecule has 5 amide bonds. The Morgan fingerprint density at radius 1 is 1.02 bits per heavy atom. The van der Waals surface area contributed by atoms with Gasteiger partial charge in [-0.1, -0.05) is 74.7 Å². The van der Waals surface area contributed by atoms with Crippen molar-refractivity contribution in [1.29, 1.82) is 0 Å². The number of aromatic nitrogens is 1. The van der Waals surface area contributed by atoms with Crippen LogP contribution in [0.25, 0.3) is 0 Å². The van der Waals surface area contributed by atoms with Gasteiger partial charge >= 0.3 is 6.03 Å². The van der Waals surface area contributed by atoms with E-state index in [9.17, 15) is 28.8 Å². The molecule has 1 saturated carbocycles. The number of carbonyl (C=O) groups excluding carboxylic acids is 6. The SMILES string of the molecule is CCC(C)(C)[C@H]1CCN(C(=O)[C@@H](NC(=O)N[C@H](C(=O)c2nccs2)C(C)C)C(C)(C)C)[C@@H]1C(=O)NC(CC1CC1)C(=O)C(N)=O. The van der Waals surface area contributed by atoms with Crippen molar-refractivity contribution in [3.8, 4) is 0 Å². The fourth-order valence-electron chi connectivity index (χ4n) is 5.93. The molecule has 1 aromatic heterocycles. The van der Waals surface area contributed by atoms with Crippen molar-refractivity contribution in [2.75, 3.05) is 6.54 Å². The first kappa shape index (κ1) is 36.1. The molecule has 1 aliphatic heterocycles. The molecule has 2 heterocycles. The maximum atomic E-state index is 14.3. The molecule has 0 spiro atoms. The molecule has 2 aliphatic rings. The number of hydrogen-bond donors (Lipinski definition) is 4. The van der Waals surface area contributed by atoms with E-state index in [2.05, 4.69) is 20.9 Å². The quantitative estimate of drug-likeness (QED) is 0.177. The van der Waals surface area contributed by atoms with E-state index in [0.717, 1.165) is 19.3 Å². The van der Waals surface area contributed by atoms with Gasteiger partial charge < -0.3 is 26.6 Å². The van der Waals surface area contributed by atoms with E-state index in [1.807, 2.05) is 55.4 Å². The number of primary amides is 1. The van der Waals surface area contributed by atoms with Gasteiger partial charge in [-0.05, 0) is 41.4 Å². The lowest BCUT2D eigenvalue weighted by Gasteiger charge is -2.39. The zero-order valence-electron chi connectivity index (χ0n) is 27.8. The topological polar surface area (TPSA) is 181 Å². The summed E-state index contributed by atoms with van der Waals surface area (Å²) in [5.41, 5.74) is 4.21. The predicted molar refractivity (Wildman–Crippen MR) is 171 cm³/mol. The van der Waals surface area contributed by atoms with Crippen LogP contribution in [-0.4, -0.2) is 75.9 Å². The highest BCUT2D eigenvalue weighted by Gasteiger charge is 2.51. The second-order valence-electron chi connectivity index (χ2n) is 14.5. The Morgan fingerprint density at radius 2 is 1.67 bits per heavy atom. The van der Waals surface area contributed by atoms with Crippen molar-refractivity contribution in [2.45, 2.75) is 112 Å². The third-order valence-electron chi connectivity index (χ3n) is 9.27. The van der Waals surface area contributed by atoms with Crippen molar-refractivity contribution in [2.24, 2.45) is 34.3 Å². The second-order valence-corrected chi connectivity index (χ2v) is 15.4. The Bertz CT molecular complexity index is 1270. The van der Waals surface area contributed by atoms with Gasteiger partial charge in [0.2, 0.25) is 23.4 Å². The summed E-state index contributed by atoms with van der Waals surface area (Å²) in [6, 6.07) is -4.59. The highest BCUT2D eigenvalue weighted by atomic mass is 32.1. The number of amides is 5. The second kappa shape index (κ2) is 14.4. The summed E-state index contributed by atoms with van der Waals surface area (Å²) in [6.45, 7) is 15.4. The van der Waals surface area contributed by atoms with Crippen LogP contribution in [0.1, 0.15) is 97.3 Å². The smallest absolute Gasteiger partial charge is 0.316 e. The van der Waals surface area contributed by atoms with E-state index in [0.29, 0.717) is 12.8 Å². The summed E-state index contributed by atoms with van der Waals surface area (Å²) >= 11 is 1.19. The number of nitrogens with one attached hydrogen (secondary N) is 3. The van der Waals surface area contributed by atoms with Gasteiger partial charge in [-0.3, -0.25) is 24.0 Å². The molecule has 1 saturated heterocycles. The van der Waals surface area contributed by atoms with Crippen LogP contribution in [-0.2, 0) is 19.2 Å². The zero-order valence-corrected chi connectivity index (χ0v) is 28.6. The van der Waals surface area contributed by atoms with Crippen LogP contribution in [0.15, 0.2) is 11.6 Å². The number of Topliss-reactive ketones (excluding diaryl/α,β-unsaturated/α-hetero) is 2. The standard InChI is InChI=1S/C32H50N6O6S/c1-9-32(7,8)19-12-14-38(22(19)27(42)35-20(16-18-10-11-18)23(39)26(33)41)29(43)25(31(4,5)6)37-30(44)36-21(17(2)3)24(40)28-34-13-15-45-28/h13,15,17-22,25H,9-12,14,16H2,1-8H3,(H2,33,41)(H,35,42)(H2,36,37,44)/t19-,20?,21-,22-,25+/m0/s1. The number of likely N-dealkylation sites (tertiary alicyclic amines) is 1. The summed E-state index contributed by atoms with van der Waals surface area (Å²) in [6.07, 6.45) is 4.94. The molecule has 1 unspecified atom stereocenters. The van der Waals surface area contributed by atoms with Crippen LogP contribution in [0.2, 0.25) is 0 Å². The molecule has 2 fully saturated rings. The third kappa shape index (κ3) is 8.89. The summed E-state index contributed by atoms with van der Waals surface area (Å²) in [7, 11) is 0. The molecule has 5 N–H and O–H groups in total. The van der Waals surface area contributed by atoms with Gasteiger partial charge in [0.05, 0.1) is 12.1 Å². The Labute approximate surface area is 270 Å². The minimum Gasteiger partial charge on any atom is -0.363 e. The fraction of sp³-hybridized carbons (Fsp3) is 0.719. The van der Waals surface area contributed by atoms with Crippen molar-refractivity contribution in [3.05, 3.63) is 16.6 Å². The van der Waals surface area contributed by atoms with E-state index >= 15 is 0 Å². The molecule has 1 aliphatic carbocycles. The summed E-state index contributed by atoms with van der Waals surface area (Å²) in [5, 5.41) is 10.3. The summed E-state index contributed by atoms with van der Waals surface area (Å²) < 4.78 is 0. The maximum absolute atomic E-state index is 14.3. The molecule has 1 aromatic rings. The Morgan fingerprint density at radius 3 is 2.16 bits per heavy atom. The van der Waals surface area contributed by atoms with Gasteiger partial charge in [0.1, 0.15) is 12.1 Å². The van der Waals surface area contributed by atoms with Crippen LogP contribution in [0.5, 0.6) is 0 Å². The van der Waals surface area contributed by atoms with Gasteiger partial charge in [-0.25, -0.2) is 9.78 Å². The number of rotatable bonds is 14. The molecular formula is C32H50N6O6S. The first-order valence-electron chi connectivity index (χ1n) is 15.8. The molecule has 3 rings (SSSR count). The van der Waals surface area contributed by atoms with Gasteiger partial charge in [0, 0.05) is 18.1 Å². The molecule has 45 heavy (non-hydrogen) atoms. The van der Waals surface area contributed by atoms with E-state index < -0.39 is 59.1 Å². The highest BCUT2D eigenvalue weighted by Crippen LogP contribution is 2.42. The number of nitrogens with two attached hydrogens (primary N) is 1. The number of ketones is 2. The molecule has 0 bridgehead atoms.